The van der Waals surface area contributed by atoms with E-state index in [1.807, 2.05) is 12.1 Å². The summed E-state index contributed by atoms with van der Waals surface area (Å²) in [5.41, 5.74) is 5.02. The molecule has 0 aromatic heterocycles. The molecule has 3 rings (SSSR count). The molecular formula is C24H30N2O3. The lowest BCUT2D eigenvalue weighted by Crippen LogP contribution is -2.40. The van der Waals surface area contributed by atoms with Crippen molar-refractivity contribution >= 4 is 17.9 Å². The summed E-state index contributed by atoms with van der Waals surface area (Å²) in [6.45, 7) is 2.23. The van der Waals surface area contributed by atoms with Crippen LogP contribution in [0.1, 0.15) is 69.0 Å². The van der Waals surface area contributed by atoms with Gasteiger partial charge in [0.15, 0.2) is 0 Å². The molecule has 2 atom stereocenters. The van der Waals surface area contributed by atoms with E-state index in [1.165, 1.54) is 5.57 Å². The van der Waals surface area contributed by atoms with E-state index in [-0.39, 0.29) is 23.3 Å². The first-order valence-corrected chi connectivity index (χ1v) is 10.4. The Hall–Kier alpha value is -2.66. The first kappa shape index (κ1) is 21.1. The predicted octanol–water partition coefficient (Wildman–Crippen LogP) is 4.61. The number of hydrogen-bond donors (Lipinski definition) is 3. The van der Waals surface area contributed by atoms with Crippen LogP contribution in [-0.4, -0.2) is 17.0 Å². The van der Waals surface area contributed by atoms with Gasteiger partial charge in [0.1, 0.15) is 0 Å². The number of hydroxylamine groups is 1. The van der Waals surface area contributed by atoms with Gasteiger partial charge in [-0.2, -0.15) is 0 Å². The maximum atomic E-state index is 12.8. The van der Waals surface area contributed by atoms with Gasteiger partial charge in [0.25, 0.3) is 0 Å². The highest BCUT2D eigenvalue weighted by molar-refractivity contribution is 5.77. The molecule has 2 aliphatic carbocycles. The smallest absolute Gasteiger partial charge is 0.243 e. The SMILES string of the molecule is CC12CC=CC=C1C=Cc1ccccc1C2NC(=O)CCCCCCC(=O)NO. The normalized spacial score (nSPS) is 22.1. The lowest BCUT2D eigenvalue weighted by atomic mass is 9.69. The number of unbranched alkanes of at least 4 members (excludes halogenated alkanes) is 3. The van der Waals surface area contributed by atoms with Crippen LogP contribution in [0.25, 0.3) is 6.08 Å². The number of carbonyl (C=O) groups is 2. The van der Waals surface area contributed by atoms with Crippen LogP contribution in [0.5, 0.6) is 0 Å². The lowest BCUT2D eigenvalue weighted by Gasteiger charge is -2.40. The molecule has 0 bridgehead atoms. The molecule has 29 heavy (non-hydrogen) atoms. The second-order valence-corrected chi connectivity index (χ2v) is 8.08. The highest BCUT2D eigenvalue weighted by atomic mass is 16.5. The largest absolute Gasteiger partial charge is 0.348 e. The van der Waals surface area contributed by atoms with Crippen LogP contribution in [0.4, 0.5) is 0 Å². The molecule has 1 aromatic rings. The van der Waals surface area contributed by atoms with Gasteiger partial charge in [0, 0.05) is 18.3 Å². The molecule has 0 radical (unpaired) electrons. The van der Waals surface area contributed by atoms with Crippen LogP contribution in [0.2, 0.25) is 0 Å². The number of rotatable bonds is 8. The van der Waals surface area contributed by atoms with E-state index in [4.69, 9.17) is 5.21 Å². The van der Waals surface area contributed by atoms with Crippen molar-refractivity contribution in [2.24, 2.45) is 5.41 Å². The zero-order chi connectivity index (χ0) is 20.7. The molecule has 0 saturated carbocycles. The molecule has 0 saturated heterocycles. The molecular weight excluding hydrogens is 364 g/mol. The average Bonchev–Trinajstić information content (AvgIpc) is 2.85. The number of hydrogen-bond acceptors (Lipinski definition) is 3. The Balaban J connectivity index is 1.62. The molecule has 5 nitrogen and oxygen atoms in total. The quantitative estimate of drug-likeness (QED) is 0.342. The zero-order valence-corrected chi connectivity index (χ0v) is 17.0. The molecule has 2 amide bonds. The summed E-state index contributed by atoms with van der Waals surface area (Å²) in [4.78, 5) is 23.8. The fraction of sp³-hybridized carbons (Fsp3) is 0.417. The summed E-state index contributed by atoms with van der Waals surface area (Å²) in [7, 11) is 0. The number of nitrogens with one attached hydrogen (secondary N) is 2. The van der Waals surface area contributed by atoms with E-state index in [0.717, 1.165) is 36.8 Å². The highest BCUT2D eigenvalue weighted by Gasteiger charge is 2.40. The van der Waals surface area contributed by atoms with Crippen LogP contribution < -0.4 is 10.8 Å². The standard InChI is InChI=1S/C24H30N2O3/c1-24-17-9-8-11-19(24)16-15-18-10-6-7-12-20(18)23(24)25-21(27)13-4-2-3-5-14-22(28)26-29/h6-12,15-16,23,29H,2-5,13-14,17H2,1H3,(H,25,27)(H,26,28). The van der Waals surface area contributed by atoms with E-state index < -0.39 is 0 Å². The van der Waals surface area contributed by atoms with Crippen molar-refractivity contribution in [3.8, 4) is 0 Å². The summed E-state index contributed by atoms with van der Waals surface area (Å²) in [5.74, 6) is -0.294. The third-order valence-corrected chi connectivity index (χ3v) is 5.99. The van der Waals surface area contributed by atoms with Crippen LogP contribution in [-0.2, 0) is 9.59 Å². The maximum absolute atomic E-state index is 12.8. The van der Waals surface area contributed by atoms with Crippen LogP contribution in [0, 0.1) is 5.41 Å². The third-order valence-electron chi connectivity index (χ3n) is 5.99. The fourth-order valence-electron chi connectivity index (χ4n) is 4.22. The minimum Gasteiger partial charge on any atom is -0.348 e. The van der Waals surface area contributed by atoms with Gasteiger partial charge in [0.2, 0.25) is 11.8 Å². The molecule has 0 aliphatic heterocycles. The summed E-state index contributed by atoms with van der Waals surface area (Å²) in [5, 5.41) is 11.8. The molecule has 154 valence electrons. The number of benzene rings is 1. The fourth-order valence-corrected chi connectivity index (χ4v) is 4.22. The topological polar surface area (TPSA) is 78.4 Å². The monoisotopic (exact) mass is 394 g/mol. The maximum Gasteiger partial charge on any atom is 0.243 e. The highest BCUT2D eigenvalue weighted by Crippen LogP contribution is 2.48. The Kier molecular flexibility index (Phi) is 7.04. The molecule has 5 heteroatoms. The van der Waals surface area contributed by atoms with Gasteiger partial charge in [0.05, 0.1) is 6.04 Å². The Labute approximate surface area is 172 Å². The number of fused-ring (bicyclic) bond motifs is 2. The Morgan fingerprint density at radius 2 is 1.79 bits per heavy atom. The summed E-state index contributed by atoms with van der Waals surface area (Å²) >= 11 is 0. The van der Waals surface area contributed by atoms with Gasteiger partial charge in [-0.05, 0) is 36.0 Å². The molecule has 0 spiro atoms. The van der Waals surface area contributed by atoms with Crippen LogP contribution in [0.15, 0.2) is 54.1 Å². The van der Waals surface area contributed by atoms with Crippen molar-refractivity contribution in [1.29, 1.82) is 0 Å². The Morgan fingerprint density at radius 1 is 1.07 bits per heavy atom. The van der Waals surface area contributed by atoms with Gasteiger partial charge in [-0.15, -0.1) is 0 Å². The minimum atomic E-state index is -0.359. The Bertz CT molecular complexity index is 840. The van der Waals surface area contributed by atoms with E-state index in [0.29, 0.717) is 19.3 Å². The first-order valence-electron chi connectivity index (χ1n) is 10.4. The van der Waals surface area contributed by atoms with E-state index in [2.05, 4.69) is 54.8 Å². The predicted molar refractivity (Wildman–Crippen MR) is 114 cm³/mol. The number of carbonyl (C=O) groups excluding carboxylic acids is 2. The van der Waals surface area contributed by atoms with Crippen molar-refractivity contribution in [2.45, 2.75) is 57.9 Å². The van der Waals surface area contributed by atoms with E-state index >= 15 is 0 Å². The summed E-state index contributed by atoms with van der Waals surface area (Å²) in [6, 6.07) is 8.20. The van der Waals surface area contributed by atoms with Gasteiger partial charge in [-0.25, -0.2) is 5.48 Å². The van der Waals surface area contributed by atoms with Crippen molar-refractivity contribution in [3.05, 3.63) is 65.3 Å². The van der Waals surface area contributed by atoms with Crippen LogP contribution in [0.3, 0.4) is 0 Å². The van der Waals surface area contributed by atoms with Crippen LogP contribution >= 0.6 is 0 Å². The Morgan fingerprint density at radius 3 is 2.55 bits per heavy atom. The van der Waals surface area contributed by atoms with E-state index in [1.54, 1.807) is 5.48 Å². The van der Waals surface area contributed by atoms with Gasteiger partial charge >= 0.3 is 0 Å². The van der Waals surface area contributed by atoms with Crippen molar-refractivity contribution in [3.63, 3.8) is 0 Å². The van der Waals surface area contributed by atoms with Gasteiger partial charge < -0.3 is 5.32 Å². The molecule has 0 heterocycles. The second kappa shape index (κ2) is 9.70. The minimum absolute atomic E-state index is 0.0648. The van der Waals surface area contributed by atoms with E-state index in [9.17, 15) is 9.59 Å². The number of allylic oxidation sites excluding steroid dienone is 4. The average molecular weight is 395 g/mol. The molecule has 1 aromatic carbocycles. The second-order valence-electron chi connectivity index (χ2n) is 8.08. The summed E-state index contributed by atoms with van der Waals surface area (Å²) < 4.78 is 0. The van der Waals surface area contributed by atoms with Gasteiger partial charge in [-0.1, -0.05) is 74.4 Å². The van der Waals surface area contributed by atoms with Crippen molar-refractivity contribution in [1.82, 2.24) is 10.8 Å². The molecule has 0 fully saturated rings. The summed E-state index contributed by atoms with van der Waals surface area (Å²) in [6.07, 6.45) is 15.7. The first-order chi connectivity index (χ1) is 14.0. The lowest BCUT2D eigenvalue weighted by molar-refractivity contribution is -0.129. The van der Waals surface area contributed by atoms with Gasteiger partial charge in [-0.3, -0.25) is 14.8 Å². The van der Waals surface area contributed by atoms with Crippen molar-refractivity contribution < 1.29 is 14.8 Å². The third kappa shape index (κ3) is 5.04. The molecule has 2 unspecified atom stereocenters. The molecule has 3 N–H and O–H groups in total. The number of amides is 2. The van der Waals surface area contributed by atoms with Crippen molar-refractivity contribution in [2.75, 3.05) is 0 Å². The zero-order valence-electron chi connectivity index (χ0n) is 17.0. The molecule has 2 aliphatic rings.